The number of hydrogen-bond acceptors (Lipinski definition) is 4. The van der Waals surface area contributed by atoms with Crippen LogP contribution in [-0.2, 0) is 0 Å². The molecule has 1 aromatic carbocycles. The first-order chi connectivity index (χ1) is 12.5. The summed E-state index contributed by atoms with van der Waals surface area (Å²) in [7, 11) is 5.81. The lowest BCUT2D eigenvalue weighted by Gasteiger charge is -2.39. The van der Waals surface area contributed by atoms with Crippen molar-refractivity contribution in [2.45, 2.75) is 44.1 Å². The molecular formula is C21H32N2O3. The summed E-state index contributed by atoms with van der Waals surface area (Å²) in [5, 5.41) is 3.14. The molecular weight excluding hydrogens is 328 g/mol. The Bertz CT molecular complexity index is 605. The first-order valence-corrected chi connectivity index (χ1v) is 9.40. The number of rotatable bonds is 8. The van der Waals surface area contributed by atoms with E-state index in [2.05, 4.69) is 30.9 Å². The number of hydrogen-bond donors (Lipinski definition) is 1. The lowest BCUT2D eigenvalue weighted by molar-refractivity contribution is 0.0868. The molecule has 144 valence electrons. The molecule has 5 nitrogen and oxygen atoms in total. The van der Waals surface area contributed by atoms with Crippen LogP contribution in [0.3, 0.4) is 0 Å². The van der Waals surface area contributed by atoms with Gasteiger partial charge in [-0.25, -0.2) is 0 Å². The van der Waals surface area contributed by atoms with Crippen LogP contribution < -0.4 is 14.8 Å². The maximum absolute atomic E-state index is 12.7. The number of nitrogens with one attached hydrogen (secondary N) is 1. The second-order valence-corrected chi connectivity index (χ2v) is 7.18. The molecule has 0 atom stereocenters. The third kappa shape index (κ3) is 5.01. The molecule has 0 radical (unpaired) electrons. The number of carbonyl (C=O) groups is 1. The number of carbonyl (C=O) groups excluding carboxylic acids is 1. The lowest BCUT2D eigenvalue weighted by Crippen LogP contribution is -2.52. The molecule has 0 aliphatic heterocycles. The fourth-order valence-electron chi connectivity index (χ4n) is 3.59. The SMILES string of the molecule is C=CCOc1ccc(C(=O)NCC2(N(C)C)CCCCCC2)cc1OC. The first-order valence-electron chi connectivity index (χ1n) is 9.40. The number of amides is 1. The molecule has 0 unspecified atom stereocenters. The van der Waals surface area contributed by atoms with Gasteiger partial charge in [-0.2, -0.15) is 0 Å². The Hall–Kier alpha value is -2.01. The van der Waals surface area contributed by atoms with E-state index in [1.165, 1.54) is 25.7 Å². The molecule has 1 N–H and O–H groups in total. The Morgan fingerprint density at radius 3 is 2.50 bits per heavy atom. The van der Waals surface area contributed by atoms with Crippen LogP contribution in [0.25, 0.3) is 0 Å². The maximum Gasteiger partial charge on any atom is 0.251 e. The predicted molar refractivity (Wildman–Crippen MR) is 105 cm³/mol. The van der Waals surface area contributed by atoms with Crippen LogP contribution in [0, 0.1) is 0 Å². The van der Waals surface area contributed by atoms with Crippen LogP contribution in [0.2, 0.25) is 0 Å². The molecule has 0 saturated heterocycles. The standard InChI is InChI=1S/C21H32N2O3/c1-5-14-26-18-11-10-17(15-19(18)25-4)20(24)22-16-21(23(2)3)12-8-6-7-9-13-21/h5,10-11,15H,1,6-9,12-14,16H2,2-4H3,(H,22,24). The smallest absolute Gasteiger partial charge is 0.251 e. The van der Waals surface area contributed by atoms with E-state index in [4.69, 9.17) is 9.47 Å². The summed E-state index contributed by atoms with van der Waals surface area (Å²) in [6.07, 6.45) is 8.93. The van der Waals surface area contributed by atoms with Crippen molar-refractivity contribution in [3.8, 4) is 11.5 Å². The van der Waals surface area contributed by atoms with Gasteiger partial charge in [0.1, 0.15) is 6.61 Å². The highest BCUT2D eigenvalue weighted by molar-refractivity contribution is 5.94. The fourth-order valence-corrected chi connectivity index (χ4v) is 3.59. The van der Waals surface area contributed by atoms with Crippen molar-refractivity contribution in [2.24, 2.45) is 0 Å². The average molecular weight is 360 g/mol. The van der Waals surface area contributed by atoms with E-state index in [0.29, 0.717) is 30.2 Å². The van der Waals surface area contributed by atoms with Gasteiger partial charge in [0.2, 0.25) is 0 Å². The fraction of sp³-hybridized carbons (Fsp3) is 0.571. The summed E-state index contributed by atoms with van der Waals surface area (Å²) in [5.74, 6) is 1.08. The monoisotopic (exact) mass is 360 g/mol. The highest BCUT2D eigenvalue weighted by atomic mass is 16.5. The van der Waals surface area contributed by atoms with Crippen molar-refractivity contribution in [1.29, 1.82) is 0 Å². The average Bonchev–Trinajstić information content (AvgIpc) is 2.91. The Balaban J connectivity index is 2.07. The Labute approximate surface area is 157 Å². The summed E-state index contributed by atoms with van der Waals surface area (Å²) < 4.78 is 10.9. The van der Waals surface area contributed by atoms with Gasteiger partial charge in [-0.05, 0) is 45.1 Å². The van der Waals surface area contributed by atoms with Gasteiger partial charge < -0.3 is 19.7 Å². The largest absolute Gasteiger partial charge is 0.493 e. The molecule has 0 heterocycles. The summed E-state index contributed by atoms with van der Waals surface area (Å²) in [4.78, 5) is 15.0. The van der Waals surface area contributed by atoms with E-state index in [1.54, 1.807) is 31.4 Å². The normalized spacial score (nSPS) is 16.6. The minimum Gasteiger partial charge on any atom is -0.493 e. The molecule has 5 heteroatoms. The minimum atomic E-state index is -0.0796. The Morgan fingerprint density at radius 2 is 1.92 bits per heavy atom. The third-order valence-corrected chi connectivity index (χ3v) is 5.34. The number of likely N-dealkylation sites (N-methyl/N-ethyl adjacent to an activating group) is 1. The van der Waals surface area contributed by atoms with E-state index >= 15 is 0 Å². The van der Waals surface area contributed by atoms with Crippen molar-refractivity contribution in [1.82, 2.24) is 10.2 Å². The van der Waals surface area contributed by atoms with Gasteiger partial charge in [0.05, 0.1) is 7.11 Å². The van der Waals surface area contributed by atoms with E-state index in [9.17, 15) is 4.79 Å². The molecule has 2 rings (SSSR count). The first kappa shape index (κ1) is 20.3. The predicted octanol–water partition coefficient (Wildman–Crippen LogP) is 3.64. The van der Waals surface area contributed by atoms with E-state index in [1.807, 2.05) is 0 Å². The van der Waals surface area contributed by atoms with Gasteiger partial charge in [0.15, 0.2) is 11.5 Å². The highest BCUT2D eigenvalue weighted by Gasteiger charge is 2.33. The van der Waals surface area contributed by atoms with Crippen LogP contribution in [0.1, 0.15) is 48.9 Å². The van der Waals surface area contributed by atoms with Crippen molar-refractivity contribution >= 4 is 5.91 Å². The number of nitrogens with zero attached hydrogens (tertiary/aromatic N) is 1. The lowest BCUT2D eigenvalue weighted by atomic mass is 9.88. The second-order valence-electron chi connectivity index (χ2n) is 7.18. The number of methoxy groups -OCH3 is 1. The topological polar surface area (TPSA) is 50.8 Å². The zero-order chi connectivity index (χ0) is 19.0. The van der Waals surface area contributed by atoms with Gasteiger partial charge in [0.25, 0.3) is 5.91 Å². The minimum absolute atomic E-state index is 0.0449. The van der Waals surface area contributed by atoms with Crippen LogP contribution in [0.5, 0.6) is 11.5 Å². The molecule has 0 aromatic heterocycles. The molecule has 0 spiro atoms. The zero-order valence-electron chi connectivity index (χ0n) is 16.3. The van der Waals surface area contributed by atoms with Crippen molar-refractivity contribution in [2.75, 3.05) is 34.4 Å². The van der Waals surface area contributed by atoms with Gasteiger partial charge in [0, 0.05) is 17.6 Å². The summed E-state index contributed by atoms with van der Waals surface area (Å²) >= 11 is 0. The van der Waals surface area contributed by atoms with Crippen molar-refractivity contribution in [3.63, 3.8) is 0 Å². The Morgan fingerprint density at radius 1 is 1.23 bits per heavy atom. The zero-order valence-corrected chi connectivity index (χ0v) is 16.3. The van der Waals surface area contributed by atoms with Crippen LogP contribution in [0.15, 0.2) is 30.9 Å². The quantitative estimate of drug-likeness (QED) is 0.568. The van der Waals surface area contributed by atoms with Crippen LogP contribution in [-0.4, -0.2) is 50.7 Å². The second kappa shape index (κ2) is 9.62. The molecule has 1 saturated carbocycles. The van der Waals surface area contributed by atoms with Crippen molar-refractivity contribution in [3.05, 3.63) is 36.4 Å². The molecule has 26 heavy (non-hydrogen) atoms. The summed E-state index contributed by atoms with van der Waals surface area (Å²) in [6, 6.07) is 5.26. The van der Waals surface area contributed by atoms with E-state index in [0.717, 1.165) is 12.8 Å². The molecule has 1 fully saturated rings. The van der Waals surface area contributed by atoms with Crippen LogP contribution >= 0.6 is 0 Å². The third-order valence-electron chi connectivity index (χ3n) is 5.34. The number of ether oxygens (including phenoxy) is 2. The van der Waals surface area contributed by atoms with Crippen molar-refractivity contribution < 1.29 is 14.3 Å². The molecule has 1 aliphatic rings. The highest BCUT2D eigenvalue weighted by Crippen LogP contribution is 2.31. The summed E-state index contributed by atoms with van der Waals surface area (Å²) in [6.45, 7) is 4.70. The molecule has 1 aliphatic carbocycles. The van der Waals surface area contributed by atoms with Gasteiger partial charge in [-0.1, -0.05) is 38.3 Å². The van der Waals surface area contributed by atoms with E-state index in [-0.39, 0.29) is 11.4 Å². The van der Waals surface area contributed by atoms with Gasteiger partial charge in [-0.15, -0.1) is 0 Å². The number of benzene rings is 1. The van der Waals surface area contributed by atoms with Gasteiger partial charge >= 0.3 is 0 Å². The Kier molecular flexibility index (Phi) is 7.51. The molecule has 1 amide bonds. The van der Waals surface area contributed by atoms with E-state index < -0.39 is 0 Å². The summed E-state index contributed by atoms with van der Waals surface area (Å²) in [5.41, 5.74) is 0.624. The van der Waals surface area contributed by atoms with Gasteiger partial charge in [-0.3, -0.25) is 4.79 Å². The maximum atomic E-state index is 12.7. The molecule has 0 bridgehead atoms. The van der Waals surface area contributed by atoms with Crippen LogP contribution in [0.4, 0.5) is 0 Å². The molecule has 1 aromatic rings.